The molecule has 6 nitrogen and oxygen atoms in total. The van der Waals surface area contributed by atoms with E-state index in [9.17, 15) is 4.79 Å². The third-order valence-corrected chi connectivity index (χ3v) is 2.61. The standard InChI is InChI=1S/C10H16N4O2.ClH/c1-7-4-9(13-12-7)10(15)14-2-3-16-8(5-11)6-14;/h4,8H,2-3,5-6,11H2,1H3,(H,12,13);1H. The summed E-state index contributed by atoms with van der Waals surface area (Å²) in [6, 6.07) is 1.75. The Labute approximate surface area is 106 Å². The summed E-state index contributed by atoms with van der Waals surface area (Å²) in [6.07, 6.45) is -0.0576. The minimum Gasteiger partial charge on any atom is -0.373 e. The number of hydrogen-bond donors (Lipinski definition) is 2. The number of aromatic nitrogens is 2. The van der Waals surface area contributed by atoms with E-state index in [1.165, 1.54) is 0 Å². The minimum absolute atomic E-state index is 0. The summed E-state index contributed by atoms with van der Waals surface area (Å²) in [5.74, 6) is -0.0638. The lowest BCUT2D eigenvalue weighted by molar-refractivity contribution is -0.0169. The van der Waals surface area contributed by atoms with Gasteiger partial charge in [0.1, 0.15) is 5.69 Å². The second-order valence-corrected chi connectivity index (χ2v) is 3.92. The van der Waals surface area contributed by atoms with Crippen LogP contribution in [0.15, 0.2) is 6.07 Å². The van der Waals surface area contributed by atoms with Crippen molar-refractivity contribution in [3.63, 3.8) is 0 Å². The van der Waals surface area contributed by atoms with E-state index in [2.05, 4.69) is 10.2 Å². The van der Waals surface area contributed by atoms with Gasteiger partial charge in [-0.2, -0.15) is 5.10 Å². The van der Waals surface area contributed by atoms with Crippen molar-refractivity contribution >= 4 is 18.3 Å². The van der Waals surface area contributed by atoms with Crippen molar-refractivity contribution in [1.82, 2.24) is 15.1 Å². The van der Waals surface area contributed by atoms with Crippen LogP contribution in [-0.2, 0) is 4.74 Å². The van der Waals surface area contributed by atoms with E-state index in [1.807, 2.05) is 6.92 Å². The normalized spacial score (nSPS) is 19.9. The average molecular weight is 261 g/mol. The number of nitrogens with one attached hydrogen (secondary N) is 1. The van der Waals surface area contributed by atoms with Gasteiger partial charge in [-0.15, -0.1) is 12.4 Å². The molecule has 0 spiro atoms. The summed E-state index contributed by atoms with van der Waals surface area (Å²) in [4.78, 5) is 13.8. The maximum absolute atomic E-state index is 12.0. The van der Waals surface area contributed by atoms with E-state index < -0.39 is 0 Å². The molecule has 0 saturated carbocycles. The number of H-pyrrole nitrogens is 1. The van der Waals surface area contributed by atoms with E-state index in [0.29, 0.717) is 31.9 Å². The highest BCUT2D eigenvalue weighted by Gasteiger charge is 2.25. The Morgan fingerprint density at radius 2 is 2.53 bits per heavy atom. The number of aryl methyl sites for hydroxylation is 1. The largest absolute Gasteiger partial charge is 0.373 e. The summed E-state index contributed by atoms with van der Waals surface area (Å²) in [7, 11) is 0. The van der Waals surface area contributed by atoms with Crippen LogP contribution in [0.4, 0.5) is 0 Å². The molecule has 3 N–H and O–H groups in total. The number of carbonyl (C=O) groups is 1. The molecule has 1 saturated heterocycles. The lowest BCUT2D eigenvalue weighted by atomic mass is 10.2. The Hall–Kier alpha value is -1.11. The van der Waals surface area contributed by atoms with E-state index in [1.54, 1.807) is 11.0 Å². The van der Waals surface area contributed by atoms with Crippen LogP contribution < -0.4 is 5.73 Å². The van der Waals surface area contributed by atoms with Gasteiger partial charge in [-0.05, 0) is 13.0 Å². The van der Waals surface area contributed by atoms with Gasteiger partial charge in [-0.25, -0.2) is 0 Å². The summed E-state index contributed by atoms with van der Waals surface area (Å²) in [5.41, 5.74) is 6.86. The van der Waals surface area contributed by atoms with Crippen LogP contribution in [0, 0.1) is 6.92 Å². The fourth-order valence-electron chi connectivity index (χ4n) is 1.74. The molecule has 7 heteroatoms. The first-order valence-corrected chi connectivity index (χ1v) is 5.33. The summed E-state index contributed by atoms with van der Waals surface area (Å²) >= 11 is 0. The molecule has 17 heavy (non-hydrogen) atoms. The first-order valence-electron chi connectivity index (χ1n) is 5.33. The van der Waals surface area contributed by atoms with Crippen molar-refractivity contribution in [3.05, 3.63) is 17.5 Å². The number of amides is 1. The molecule has 0 radical (unpaired) electrons. The molecular formula is C10H17ClN4O2. The molecule has 1 aliphatic rings. The van der Waals surface area contributed by atoms with Crippen LogP contribution in [0.1, 0.15) is 16.2 Å². The van der Waals surface area contributed by atoms with Gasteiger partial charge in [-0.1, -0.05) is 0 Å². The zero-order chi connectivity index (χ0) is 11.5. The molecule has 2 rings (SSSR count). The van der Waals surface area contributed by atoms with E-state index in [4.69, 9.17) is 10.5 Å². The van der Waals surface area contributed by atoms with Crippen LogP contribution in [0.2, 0.25) is 0 Å². The van der Waals surface area contributed by atoms with Crippen LogP contribution in [0.25, 0.3) is 0 Å². The summed E-state index contributed by atoms with van der Waals surface area (Å²) in [5, 5.41) is 6.71. The second-order valence-electron chi connectivity index (χ2n) is 3.92. The molecule has 0 aromatic carbocycles. The van der Waals surface area contributed by atoms with Crippen molar-refractivity contribution in [2.24, 2.45) is 5.73 Å². The van der Waals surface area contributed by atoms with Gasteiger partial charge in [0, 0.05) is 25.3 Å². The highest BCUT2D eigenvalue weighted by molar-refractivity contribution is 5.92. The van der Waals surface area contributed by atoms with Gasteiger partial charge in [0.25, 0.3) is 5.91 Å². The Morgan fingerprint density at radius 1 is 1.76 bits per heavy atom. The number of ether oxygens (including phenoxy) is 1. The van der Waals surface area contributed by atoms with E-state index in [-0.39, 0.29) is 24.4 Å². The number of rotatable bonds is 2. The topological polar surface area (TPSA) is 84.2 Å². The molecule has 0 aliphatic carbocycles. The highest BCUT2D eigenvalue weighted by atomic mass is 35.5. The molecule has 0 bridgehead atoms. The minimum atomic E-state index is -0.0638. The Kier molecular flexibility index (Phi) is 4.92. The van der Waals surface area contributed by atoms with Gasteiger partial charge >= 0.3 is 0 Å². The number of nitrogens with zero attached hydrogens (tertiary/aromatic N) is 2. The number of halogens is 1. The quantitative estimate of drug-likeness (QED) is 0.780. The van der Waals surface area contributed by atoms with Gasteiger partial charge in [0.2, 0.25) is 0 Å². The smallest absolute Gasteiger partial charge is 0.274 e. The Morgan fingerprint density at radius 3 is 3.12 bits per heavy atom. The molecule has 1 fully saturated rings. The van der Waals surface area contributed by atoms with Crippen LogP contribution >= 0.6 is 12.4 Å². The van der Waals surface area contributed by atoms with Gasteiger partial charge in [-0.3, -0.25) is 9.89 Å². The molecule has 1 aliphatic heterocycles. The maximum atomic E-state index is 12.0. The van der Waals surface area contributed by atoms with Crippen molar-refractivity contribution in [2.75, 3.05) is 26.2 Å². The Balaban J connectivity index is 0.00000144. The highest BCUT2D eigenvalue weighted by Crippen LogP contribution is 2.09. The fraction of sp³-hybridized carbons (Fsp3) is 0.600. The molecular weight excluding hydrogens is 244 g/mol. The average Bonchev–Trinajstić information content (AvgIpc) is 2.75. The molecule has 1 unspecified atom stereocenters. The van der Waals surface area contributed by atoms with Crippen molar-refractivity contribution < 1.29 is 9.53 Å². The van der Waals surface area contributed by atoms with E-state index in [0.717, 1.165) is 5.69 Å². The number of aromatic amines is 1. The van der Waals surface area contributed by atoms with Crippen molar-refractivity contribution in [1.29, 1.82) is 0 Å². The summed E-state index contributed by atoms with van der Waals surface area (Å²) in [6.45, 7) is 3.98. The van der Waals surface area contributed by atoms with Crippen molar-refractivity contribution in [3.8, 4) is 0 Å². The predicted octanol–water partition coefficient (Wildman–Crippen LogP) is -0.0604. The lowest BCUT2D eigenvalue weighted by Crippen LogP contribution is -2.48. The molecule has 1 atom stereocenters. The summed E-state index contributed by atoms with van der Waals surface area (Å²) < 4.78 is 5.40. The number of hydrogen-bond acceptors (Lipinski definition) is 4. The Bertz CT molecular complexity index is 382. The van der Waals surface area contributed by atoms with Gasteiger partial charge in [0.05, 0.1) is 12.7 Å². The van der Waals surface area contributed by atoms with E-state index >= 15 is 0 Å². The third kappa shape index (κ3) is 3.18. The zero-order valence-electron chi connectivity index (χ0n) is 9.68. The monoisotopic (exact) mass is 260 g/mol. The van der Waals surface area contributed by atoms with Crippen LogP contribution in [-0.4, -0.2) is 53.3 Å². The first kappa shape index (κ1) is 14.0. The second kappa shape index (κ2) is 6.00. The molecule has 96 valence electrons. The third-order valence-electron chi connectivity index (χ3n) is 2.61. The predicted molar refractivity (Wildman–Crippen MR) is 65.3 cm³/mol. The molecule has 2 heterocycles. The lowest BCUT2D eigenvalue weighted by Gasteiger charge is -2.31. The van der Waals surface area contributed by atoms with Crippen molar-refractivity contribution in [2.45, 2.75) is 13.0 Å². The van der Waals surface area contributed by atoms with Gasteiger partial charge in [0.15, 0.2) is 0 Å². The number of nitrogens with two attached hydrogens (primary N) is 1. The van der Waals surface area contributed by atoms with Gasteiger partial charge < -0.3 is 15.4 Å². The maximum Gasteiger partial charge on any atom is 0.274 e. The SMILES string of the molecule is Cc1cc(C(=O)N2CCOC(CN)C2)n[nH]1.Cl. The zero-order valence-corrected chi connectivity index (χ0v) is 10.5. The number of morpholine rings is 1. The molecule has 1 amide bonds. The molecule has 1 aromatic rings. The molecule has 1 aromatic heterocycles. The fourth-order valence-corrected chi connectivity index (χ4v) is 1.74. The first-order chi connectivity index (χ1) is 7.70. The van der Waals surface area contributed by atoms with Crippen LogP contribution in [0.3, 0.4) is 0 Å². The van der Waals surface area contributed by atoms with Crippen LogP contribution in [0.5, 0.6) is 0 Å². The number of carbonyl (C=O) groups excluding carboxylic acids is 1.